The highest BCUT2D eigenvalue weighted by Crippen LogP contribution is 2.34. The van der Waals surface area contributed by atoms with Crippen molar-refractivity contribution in [3.8, 4) is 10.4 Å². The first-order chi connectivity index (χ1) is 8.49. The van der Waals surface area contributed by atoms with Gasteiger partial charge in [-0.1, -0.05) is 0 Å². The predicted octanol–water partition coefficient (Wildman–Crippen LogP) is 3.24. The van der Waals surface area contributed by atoms with Gasteiger partial charge >= 0.3 is 5.97 Å². The van der Waals surface area contributed by atoms with Crippen LogP contribution < -0.4 is 0 Å². The SMILES string of the molecule is Cc1nn(C)c(CCC(=O)O)c1-c1cc(Br)cs1. The molecular formula is C12H13BrN2O2S. The van der Waals surface area contributed by atoms with Crippen LogP contribution in [0.15, 0.2) is 15.9 Å². The molecule has 0 fully saturated rings. The van der Waals surface area contributed by atoms with Gasteiger partial charge in [-0.05, 0) is 28.9 Å². The fourth-order valence-corrected chi connectivity index (χ4v) is 3.53. The second-order valence-electron chi connectivity index (χ2n) is 4.05. The van der Waals surface area contributed by atoms with Gasteiger partial charge in [0.05, 0.1) is 12.1 Å². The number of nitrogens with zero attached hydrogens (tertiary/aromatic N) is 2. The summed E-state index contributed by atoms with van der Waals surface area (Å²) in [6, 6.07) is 2.04. The van der Waals surface area contributed by atoms with Crippen LogP contribution in [0.1, 0.15) is 17.8 Å². The molecule has 0 unspecified atom stereocenters. The number of rotatable bonds is 4. The van der Waals surface area contributed by atoms with Gasteiger partial charge in [0.1, 0.15) is 0 Å². The summed E-state index contributed by atoms with van der Waals surface area (Å²) in [6.07, 6.45) is 0.621. The zero-order valence-corrected chi connectivity index (χ0v) is 12.5. The highest BCUT2D eigenvalue weighted by Gasteiger charge is 2.17. The highest BCUT2D eigenvalue weighted by atomic mass is 79.9. The van der Waals surface area contributed by atoms with E-state index in [1.165, 1.54) is 0 Å². The second kappa shape index (κ2) is 5.24. The summed E-state index contributed by atoms with van der Waals surface area (Å²) >= 11 is 5.07. The van der Waals surface area contributed by atoms with Crippen molar-refractivity contribution in [2.45, 2.75) is 19.8 Å². The van der Waals surface area contributed by atoms with Crippen LogP contribution in [-0.4, -0.2) is 20.9 Å². The first-order valence-corrected chi connectivity index (χ1v) is 7.15. The molecule has 0 saturated carbocycles. The van der Waals surface area contributed by atoms with E-state index in [-0.39, 0.29) is 6.42 Å². The van der Waals surface area contributed by atoms with Crippen molar-refractivity contribution in [2.24, 2.45) is 7.05 Å². The van der Waals surface area contributed by atoms with Crippen LogP contribution in [-0.2, 0) is 18.3 Å². The van der Waals surface area contributed by atoms with Crippen molar-refractivity contribution in [2.75, 3.05) is 0 Å². The van der Waals surface area contributed by atoms with Crippen molar-refractivity contribution in [1.29, 1.82) is 0 Å². The number of halogens is 1. The molecule has 0 aliphatic heterocycles. The highest BCUT2D eigenvalue weighted by molar-refractivity contribution is 9.10. The van der Waals surface area contributed by atoms with Crippen molar-refractivity contribution >= 4 is 33.2 Å². The Morgan fingerprint density at radius 2 is 2.33 bits per heavy atom. The molecular weight excluding hydrogens is 316 g/mol. The fourth-order valence-electron chi connectivity index (χ4n) is 1.98. The molecule has 2 aromatic rings. The van der Waals surface area contributed by atoms with Crippen LogP contribution in [0.5, 0.6) is 0 Å². The summed E-state index contributed by atoms with van der Waals surface area (Å²) in [7, 11) is 1.86. The maximum Gasteiger partial charge on any atom is 0.303 e. The lowest BCUT2D eigenvalue weighted by molar-refractivity contribution is -0.136. The van der Waals surface area contributed by atoms with E-state index >= 15 is 0 Å². The summed E-state index contributed by atoms with van der Waals surface area (Å²) in [5.74, 6) is -0.785. The van der Waals surface area contributed by atoms with Gasteiger partial charge in [0.25, 0.3) is 0 Å². The summed E-state index contributed by atoms with van der Waals surface area (Å²) in [5.41, 5.74) is 2.98. The van der Waals surface area contributed by atoms with Crippen LogP contribution in [0.3, 0.4) is 0 Å². The van der Waals surface area contributed by atoms with Crippen LogP contribution >= 0.6 is 27.3 Å². The molecule has 0 aliphatic rings. The Morgan fingerprint density at radius 1 is 1.61 bits per heavy atom. The molecule has 2 aromatic heterocycles. The number of aryl methyl sites for hydroxylation is 2. The van der Waals surface area contributed by atoms with Gasteiger partial charge in [-0.2, -0.15) is 5.10 Å². The van der Waals surface area contributed by atoms with Gasteiger partial charge in [-0.25, -0.2) is 0 Å². The molecule has 1 N–H and O–H groups in total. The van der Waals surface area contributed by atoms with E-state index in [0.29, 0.717) is 6.42 Å². The van der Waals surface area contributed by atoms with E-state index in [1.807, 2.05) is 25.4 Å². The molecule has 0 atom stereocenters. The average Bonchev–Trinajstić information content (AvgIpc) is 2.79. The van der Waals surface area contributed by atoms with Gasteiger partial charge in [0.2, 0.25) is 0 Å². The lowest BCUT2D eigenvalue weighted by atomic mass is 10.1. The van der Waals surface area contributed by atoms with Crippen LogP contribution in [0.25, 0.3) is 10.4 Å². The monoisotopic (exact) mass is 328 g/mol. The quantitative estimate of drug-likeness (QED) is 0.937. The maximum atomic E-state index is 10.7. The Labute approximate surface area is 117 Å². The zero-order chi connectivity index (χ0) is 13.3. The van der Waals surface area contributed by atoms with Gasteiger partial charge in [-0.15, -0.1) is 11.3 Å². The lowest BCUT2D eigenvalue weighted by Gasteiger charge is -2.03. The molecule has 0 saturated heterocycles. The third-order valence-corrected chi connectivity index (χ3v) is 4.44. The standard InChI is InChI=1S/C12H13BrN2O2S/c1-7-12(10-5-8(13)6-18-10)9(15(2)14-7)3-4-11(16)17/h5-6H,3-4H2,1-2H3,(H,16,17). The van der Waals surface area contributed by atoms with E-state index in [1.54, 1.807) is 16.0 Å². The molecule has 0 bridgehead atoms. The minimum atomic E-state index is -0.785. The van der Waals surface area contributed by atoms with Gasteiger partial charge in [-0.3, -0.25) is 9.48 Å². The van der Waals surface area contributed by atoms with Crippen molar-refractivity contribution < 1.29 is 9.90 Å². The number of carboxylic acid groups (broad SMARTS) is 1. The van der Waals surface area contributed by atoms with E-state index in [0.717, 1.165) is 26.3 Å². The largest absolute Gasteiger partial charge is 0.481 e. The van der Waals surface area contributed by atoms with Crippen molar-refractivity contribution in [3.05, 3.63) is 27.3 Å². The van der Waals surface area contributed by atoms with E-state index in [9.17, 15) is 4.79 Å². The topological polar surface area (TPSA) is 55.1 Å². The Bertz CT molecular complexity index is 589. The molecule has 96 valence electrons. The number of aromatic nitrogens is 2. The number of hydrogen-bond donors (Lipinski definition) is 1. The van der Waals surface area contributed by atoms with Crippen molar-refractivity contribution in [3.63, 3.8) is 0 Å². The second-order valence-corrected chi connectivity index (χ2v) is 5.88. The Hall–Kier alpha value is -1.14. The lowest BCUT2D eigenvalue weighted by Crippen LogP contribution is -2.03. The zero-order valence-electron chi connectivity index (χ0n) is 10.1. The molecule has 0 radical (unpaired) electrons. The van der Waals surface area contributed by atoms with Crippen molar-refractivity contribution in [1.82, 2.24) is 9.78 Å². The first-order valence-electron chi connectivity index (χ1n) is 5.47. The normalized spacial score (nSPS) is 10.8. The minimum Gasteiger partial charge on any atom is -0.481 e. The molecule has 6 heteroatoms. The van der Waals surface area contributed by atoms with Crippen LogP contribution in [0.2, 0.25) is 0 Å². The molecule has 0 spiro atoms. The predicted molar refractivity (Wildman–Crippen MR) is 74.9 cm³/mol. The molecule has 0 amide bonds. The number of thiophene rings is 1. The summed E-state index contributed by atoms with van der Waals surface area (Å²) in [4.78, 5) is 11.8. The van der Waals surface area contributed by atoms with Gasteiger partial charge in [0.15, 0.2) is 0 Å². The third kappa shape index (κ3) is 2.64. The summed E-state index contributed by atoms with van der Waals surface area (Å²) in [6.45, 7) is 1.95. The van der Waals surface area contributed by atoms with Gasteiger partial charge in [0, 0.05) is 39.5 Å². The smallest absolute Gasteiger partial charge is 0.303 e. The Morgan fingerprint density at radius 3 is 2.89 bits per heavy atom. The van der Waals surface area contributed by atoms with Crippen LogP contribution in [0.4, 0.5) is 0 Å². The van der Waals surface area contributed by atoms with Crippen LogP contribution in [0, 0.1) is 6.92 Å². The third-order valence-electron chi connectivity index (χ3n) is 2.73. The van der Waals surface area contributed by atoms with Gasteiger partial charge < -0.3 is 5.11 Å². The fraction of sp³-hybridized carbons (Fsp3) is 0.333. The average molecular weight is 329 g/mol. The molecule has 18 heavy (non-hydrogen) atoms. The molecule has 2 heterocycles. The minimum absolute atomic E-state index is 0.124. The molecule has 4 nitrogen and oxygen atoms in total. The molecule has 2 rings (SSSR count). The number of carboxylic acids is 1. The van der Waals surface area contributed by atoms with E-state index < -0.39 is 5.97 Å². The molecule has 0 aromatic carbocycles. The summed E-state index contributed by atoms with van der Waals surface area (Å²) < 4.78 is 2.82. The maximum absolute atomic E-state index is 10.7. The number of hydrogen-bond acceptors (Lipinski definition) is 3. The Balaban J connectivity index is 2.42. The Kier molecular flexibility index (Phi) is 3.87. The number of aliphatic carboxylic acids is 1. The summed E-state index contributed by atoms with van der Waals surface area (Å²) in [5, 5.41) is 15.2. The first kappa shape index (κ1) is 13.3. The van der Waals surface area contributed by atoms with E-state index in [2.05, 4.69) is 21.0 Å². The number of carbonyl (C=O) groups is 1. The molecule has 0 aliphatic carbocycles. The van der Waals surface area contributed by atoms with E-state index in [4.69, 9.17) is 5.11 Å².